The summed E-state index contributed by atoms with van der Waals surface area (Å²) in [5, 5.41) is 0.319. The first kappa shape index (κ1) is 110. The van der Waals surface area contributed by atoms with Crippen LogP contribution in [-0.2, 0) is 6.18 Å². The van der Waals surface area contributed by atoms with Crippen molar-refractivity contribution in [3.05, 3.63) is 275 Å². The molecule has 12 aromatic carbocycles. The summed E-state index contributed by atoms with van der Waals surface area (Å²) in [5.74, 6) is -6.05. The van der Waals surface area contributed by atoms with Crippen LogP contribution in [0.4, 0.5) is 176 Å². The van der Waals surface area contributed by atoms with Crippen molar-refractivity contribution in [1.82, 2.24) is 0 Å². The topological polar surface area (TPSA) is 624 Å². The van der Waals surface area contributed by atoms with Crippen molar-refractivity contribution in [2.75, 3.05) is 138 Å². The average Bonchev–Trinajstić information content (AvgIpc) is 0.823. The summed E-state index contributed by atoms with van der Waals surface area (Å²) < 4.78 is 112. The molecule has 0 heterocycles. The van der Waals surface area contributed by atoms with Crippen LogP contribution in [0.5, 0.6) is 0 Å². The van der Waals surface area contributed by atoms with E-state index < -0.39 is 63.0 Å². The Morgan fingerprint density at radius 2 is 0.460 bits per heavy atom. The molecule has 0 spiro atoms. The number of rotatable bonds is 0. The van der Waals surface area contributed by atoms with Gasteiger partial charge in [-0.1, -0.05) is 110 Å². The number of aryl methyl sites for hydroxylation is 5. The van der Waals surface area contributed by atoms with E-state index in [-0.39, 0.29) is 91.4 Å². The van der Waals surface area contributed by atoms with Gasteiger partial charge in [-0.15, -0.1) is 0 Å². The Hall–Kier alpha value is -12.2. The summed E-state index contributed by atoms with van der Waals surface area (Å²) in [7, 11) is 0. The van der Waals surface area contributed by atoms with Crippen LogP contribution < -0.4 is 138 Å². The molecular formula is C82H98Cl9F9N24. The first-order chi connectivity index (χ1) is 57.1. The SMILES string of the molecule is Cc1c(C)c(N)c(C)c(C)c1N.Cc1cc(N)c(C(F)(F)F)cc1N.Cc1cc(N)c(C)cc1N.Cc1cc(N)ccc1N.Cc1cc(N)ccc1N.Nc1c(Cl)c(Cl)c(N)c(Cl)c1Cl.Nc1c(Cl)c(N)c(Cl)c(Cl)c1Cl.Nc1c(F)c(F)c(N)c(Cl)c1F.Nc1cc(F)c(N)cc1F.Nc1ccc(N)c(F)c1.Nc1ccc(N)cc1.Nc1cccc(N)c1. The van der Waals surface area contributed by atoms with E-state index in [4.69, 9.17) is 242 Å². The highest BCUT2D eigenvalue weighted by molar-refractivity contribution is 6.53. The van der Waals surface area contributed by atoms with Crippen molar-refractivity contribution in [3.8, 4) is 0 Å². The summed E-state index contributed by atoms with van der Waals surface area (Å²) in [6, 6.07) is 36.9. The molecule has 0 aliphatic heterocycles. The molecule has 0 aliphatic carbocycles. The summed E-state index contributed by atoms with van der Waals surface area (Å²) in [6.07, 6.45) is -4.44. The molecule has 42 heteroatoms. The fourth-order valence-corrected chi connectivity index (χ4v) is 10.8. The third-order valence-corrected chi connectivity index (χ3v) is 20.6. The molecule has 0 aliphatic rings. The minimum Gasteiger partial charge on any atom is -0.399 e. The largest absolute Gasteiger partial charge is 0.418 e. The number of alkyl halides is 3. The molecule has 12 rings (SSSR count). The Kier molecular flexibility index (Phi) is 44.1. The molecule has 0 aromatic heterocycles. The van der Waals surface area contributed by atoms with Crippen LogP contribution in [0.25, 0.3) is 0 Å². The minimum absolute atomic E-state index is 0.0986. The van der Waals surface area contributed by atoms with Crippen LogP contribution in [0.15, 0.2) is 140 Å². The molecule has 0 radical (unpaired) electrons. The van der Waals surface area contributed by atoms with E-state index >= 15 is 0 Å². The van der Waals surface area contributed by atoms with E-state index in [2.05, 4.69) is 0 Å². The number of nitrogens with two attached hydrogens (primary N) is 24. The van der Waals surface area contributed by atoms with Gasteiger partial charge in [0.1, 0.15) is 28.2 Å². The summed E-state index contributed by atoms with van der Waals surface area (Å²) in [6.45, 7) is 17.4. The maximum Gasteiger partial charge on any atom is 0.418 e. The molecule has 0 bridgehead atoms. The van der Waals surface area contributed by atoms with Crippen molar-refractivity contribution < 1.29 is 39.5 Å². The number of anilines is 24. The molecule has 0 saturated heterocycles. The highest BCUT2D eigenvalue weighted by Gasteiger charge is 2.33. The van der Waals surface area contributed by atoms with E-state index in [1.807, 2.05) is 97.9 Å². The van der Waals surface area contributed by atoms with Crippen LogP contribution in [0.1, 0.15) is 55.6 Å². The van der Waals surface area contributed by atoms with Crippen molar-refractivity contribution in [2.45, 2.75) is 68.5 Å². The van der Waals surface area contributed by atoms with Gasteiger partial charge in [-0.2, -0.15) is 13.2 Å². The van der Waals surface area contributed by atoms with Gasteiger partial charge in [0.15, 0.2) is 17.5 Å². The maximum absolute atomic E-state index is 12.7. The fraction of sp³-hybridized carbons (Fsp3) is 0.122. The molecule has 12 aromatic rings. The average molecular weight is 1910 g/mol. The van der Waals surface area contributed by atoms with Gasteiger partial charge in [0.25, 0.3) is 0 Å². The van der Waals surface area contributed by atoms with Gasteiger partial charge in [-0.05, 0) is 234 Å². The van der Waals surface area contributed by atoms with Crippen molar-refractivity contribution >= 4 is 241 Å². The molecule has 0 fully saturated rings. The molecule has 0 amide bonds. The quantitative estimate of drug-likeness (QED) is 0.0290. The number of nitrogen functional groups attached to an aromatic ring is 24. The number of halogens is 18. The van der Waals surface area contributed by atoms with E-state index in [1.54, 1.807) is 67.6 Å². The third kappa shape index (κ3) is 33.6. The maximum atomic E-state index is 12.7. The van der Waals surface area contributed by atoms with E-state index in [9.17, 15) is 39.5 Å². The van der Waals surface area contributed by atoms with Gasteiger partial charge in [0, 0.05) is 97.4 Å². The van der Waals surface area contributed by atoms with E-state index in [0.29, 0.717) is 22.6 Å². The summed E-state index contributed by atoms with van der Waals surface area (Å²) in [4.78, 5) is 0. The molecule has 48 N–H and O–H groups in total. The third-order valence-electron chi connectivity index (χ3n) is 16.7. The summed E-state index contributed by atoms with van der Waals surface area (Å²) in [5.41, 5.74) is 145. The smallest absolute Gasteiger partial charge is 0.399 e. The van der Waals surface area contributed by atoms with Crippen molar-refractivity contribution in [2.24, 2.45) is 0 Å². The Labute approximate surface area is 756 Å². The van der Waals surface area contributed by atoms with E-state index in [1.165, 1.54) is 18.2 Å². The second-order valence-electron chi connectivity index (χ2n) is 26.2. The van der Waals surface area contributed by atoms with Crippen molar-refractivity contribution in [1.29, 1.82) is 0 Å². The highest BCUT2D eigenvalue weighted by atomic mass is 35.5. The predicted molar refractivity (Wildman–Crippen MR) is 516 cm³/mol. The first-order valence-corrected chi connectivity index (χ1v) is 38.3. The van der Waals surface area contributed by atoms with Crippen molar-refractivity contribution in [3.63, 3.8) is 0 Å². The first-order valence-electron chi connectivity index (χ1n) is 34.9. The highest BCUT2D eigenvalue weighted by Crippen LogP contribution is 2.46. The lowest BCUT2D eigenvalue weighted by atomic mass is 9.97. The van der Waals surface area contributed by atoms with E-state index in [0.717, 1.165) is 120 Å². The van der Waals surface area contributed by atoms with Crippen LogP contribution in [-0.4, -0.2) is 0 Å². The second kappa shape index (κ2) is 49.8. The molecule has 24 nitrogen and oxygen atoms in total. The van der Waals surface area contributed by atoms with Crippen LogP contribution in [0, 0.1) is 97.2 Å². The molecule has 0 saturated carbocycles. The van der Waals surface area contributed by atoms with Crippen LogP contribution in [0.2, 0.25) is 45.2 Å². The Morgan fingerprint density at radius 1 is 0.202 bits per heavy atom. The zero-order valence-corrected chi connectivity index (χ0v) is 74.7. The van der Waals surface area contributed by atoms with Crippen LogP contribution in [0.3, 0.4) is 0 Å². The normalized spacial score (nSPS) is 10.0. The molecule has 672 valence electrons. The lowest BCUT2D eigenvalue weighted by Gasteiger charge is -2.14. The monoisotopic (exact) mass is 1900 g/mol. The van der Waals surface area contributed by atoms with Gasteiger partial charge >= 0.3 is 6.18 Å². The van der Waals surface area contributed by atoms with Gasteiger partial charge in [0.05, 0.1) is 91.2 Å². The molecule has 0 atom stereocenters. The Bertz CT molecular complexity index is 4660. The fourth-order valence-electron chi connectivity index (χ4n) is 8.80. The standard InChI is InChI=1S/C10H16N2.C8H9F3N2.C8H12N2.2C7H10N2.2C6H4Cl4N2.C6H4ClF3N2.C6H6F2N2.C6H7FN2.2C6H8N2/c1-5-6(2)10(12)8(4)7(3)9(5)11;1-4-2-7(13)5(3-6(4)12)8(9,10)11;1-5-3-8(10)6(2)4-7(5)9;2*1-5-4-6(8)2-3-7(5)9;7-1-2(8)6(12)4(10)3(9)5(1)11;7-1-2(8)5(11)4(10)6(12)3(1)9;7-1-2(8)6(12)4(10)3(9)5(1)11;7-3-1-5(9)4(8)2-6(3)10;7-5-3-4(8)1-2-6(5)9;7-5-1-2-6(8)4-3-5;7-5-2-1-3-6(8)4-5/h11-12H2,1-4H3;2-3H,12-13H2,1H3;3-4H,9-10H2,1-2H3;2*2-4H,8-9H2,1H3;3*11-12H2;1-2H,9-10H2;1-3H,8-9H2;2*1-4H,7-8H2. The number of hydrogen-bond acceptors (Lipinski definition) is 24. The second-order valence-corrected chi connectivity index (χ2v) is 29.6. The predicted octanol–water partition coefficient (Wildman–Crippen LogP) is 20.7. The van der Waals surface area contributed by atoms with Crippen LogP contribution >= 0.6 is 104 Å². The Morgan fingerprint density at radius 3 is 0.750 bits per heavy atom. The molecule has 0 unspecified atom stereocenters. The van der Waals surface area contributed by atoms with Gasteiger partial charge in [0.2, 0.25) is 0 Å². The van der Waals surface area contributed by atoms with Gasteiger partial charge < -0.3 is 138 Å². The molecular weight excluding hydrogens is 1810 g/mol. The van der Waals surface area contributed by atoms with Gasteiger partial charge in [-0.3, -0.25) is 0 Å². The molecule has 124 heavy (non-hydrogen) atoms. The number of hydrogen-bond donors (Lipinski definition) is 24. The Balaban J connectivity index is 0.000000678. The lowest BCUT2D eigenvalue weighted by molar-refractivity contribution is -0.136. The van der Waals surface area contributed by atoms with Gasteiger partial charge in [-0.25, -0.2) is 26.3 Å². The zero-order chi connectivity index (χ0) is 96.1. The minimum atomic E-state index is -4.44. The lowest BCUT2D eigenvalue weighted by Crippen LogP contribution is -2.10. The zero-order valence-electron chi connectivity index (χ0n) is 67.9. The number of benzene rings is 12. The summed E-state index contributed by atoms with van der Waals surface area (Å²) >= 11 is 50.6.